The van der Waals surface area contributed by atoms with E-state index in [1.807, 2.05) is 30.6 Å². The Hall–Kier alpha value is -2.47. The number of anilines is 1. The average Bonchev–Trinajstić information content (AvgIpc) is 3.00. The van der Waals surface area contributed by atoms with Gasteiger partial charge in [-0.2, -0.15) is 5.10 Å². The predicted octanol–water partition coefficient (Wildman–Crippen LogP) is 2.59. The highest BCUT2D eigenvalue weighted by Gasteiger charge is 2.11. The van der Waals surface area contributed by atoms with Crippen molar-refractivity contribution in [3.8, 4) is 10.6 Å². The third-order valence-electron chi connectivity index (χ3n) is 2.97. The molecule has 0 aliphatic carbocycles. The molecule has 92 valence electrons. The second-order valence-corrected chi connectivity index (χ2v) is 5.24. The lowest BCUT2D eigenvalue weighted by molar-refractivity contribution is 0.946. The fourth-order valence-electron chi connectivity index (χ4n) is 2.06. The van der Waals surface area contributed by atoms with E-state index in [-0.39, 0.29) is 0 Å². The zero-order chi connectivity index (χ0) is 12.8. The smallest absolute Gasteiger partial charge is 0.128 e. The quantitative estimate of drug-likeness (QED) is 0.538. The molecule has 3 heterocycles. The molecule has 0 saturated carbocycles. The molecule has 4 aromatic rings. The van der Waals surface area contributed by atoms with Crippen molar-refractivity contribution in [3.05, 3.63) is 43.0 Å². The Labute approximate surface area is 112 Å². The van der Waals surface area contributed by atoms with Crippen molar-refractivity contribution in [2.45, 2.75) is 0 Å². The van der Waals surface area contributed by atoms with Crippen LogP contribution in [0.4, 0.5) is 5.69 Å². The maximum atomic E-state index is 5.79. The summed E-state index contributed by atoms with van der Waals surface area (Å²) in [5.41, 5.74) is 9.45. The Morgan fingerprint density at radius 2 is 2.16 bits per heavy atom. The van der Waals surface area contributed by atoms with E-state index >= 15 is 0 Å². The summed E-state index contributed by atoms with van der Waals surface area (Å²) in [5, 5.41) is 5.24. The van der Waals surface area contributed by atoms with Crippen LogP contribution in [0.3, 0.4) is 0 Å². The fourth-order valence-corrected chi connectivity index (χ4v) is 3.09. The fraction of sp³-hybridized carbons (Fsp3) is 0. The van der Waals surface area contributed by atoms with Gasteiger partial charge >= 0.3 is 0 Å². The minimum atomic E-state index is 0.754. The minimum Gasteiger partial charge on any atom is -0.399 e. The minimum absolute atomic E-state index is 0.754. The first kappa shape index (κ1) is 10.5. The van der Waals surface area contributed by atoms with Crippen LogP contribution >= 0.6 is 11.3 Å². The zero-order valence-electron chi connectivity index (χ0n) is 9.82. The van der Waals surface area contributed by atoms with Gasteiger partial charge in [0.1, 0.15) is 5.01 Å². The van der Waals surface area contributed by atoms with Gasteiger partial charge in [0.15, 0.2) is 0 Å². The summed E-state index contributed by atoms with van der Waals surface area (Å²) in [5.74, 6) is 0. The average molecular weight is 267 g/mol. The van der Waals surface area contributed by atoms with Crippen molar-refractivity contribution in [1.29, 1.82) is 0 Å². The number of hydrogen-bond acceptors (Lipinski definition) is 5. The molecule has 5 nitrogen and oxygen atoms in total. The molecule has 0 aliphatic rings. The van der Waals surface area contributed by atoms with Gasteiger partial charge in [0.25, 0.3) is 0 Å². The van der Waals surface area contributed by atoms with E-state index in [4.69, 9.17) is 5.73 Å². The van der Waals surface area contributed by atoms with Gasteiger partial charge in [0.2, 0.25) is 0 Å². The van der Waals surface area contributed by atoms with Gasteiger partial charge in [0, 0.05) is 18.1 Å². The maximum absolute atomic E-state index is 5.79. The Kier molecular flexibility index (Phi) is 2.07. The molecule has 0 fully saturated rings. The van der Waals surface area contributed by atoms with Gasteiger partial charge in [-0.3, -0.25) is 4.98 Å². The molecule has 0 radical (unpaired) electrons. The lowest BCUT2D eigenvalue weighted by atomic mass is 10.3. The molecular weight excluding hydrogens is 258 g/mol. The van der Waals surface area contributed by atoms with E-state index in [0.29, 0.717) is 0 Å². The zero-order valence-corrected chi connectivity index (χ0v) is 10.6. The van der Waals surface area contributed by atoms with Crippen LogP contribution in [-0.4, -0.2) is 19.6 Å². The first-order valence-electron chi connectivity index (χ1n) is 5.75. The molecule has 2 N–H and O–H groups in total. The summed E-state index contributed by atoms with van der Waals surface area (Å²) in [7, 11) is 0. The number of benzene rings is 1. The first-order valence-corrected chi connectivity index (χ1v) is 6.57. The third-order valence-corrected chi connectivity index (χ3v) is 4.02. The summed E-state index contributed by atoms with van der Waals surface area (Å²) < 4.78 is 2.88. The van der Waals surface area contributed by atoms with Crippen molar-refractivity contribution >= 4 is 32.8 Å². The Balaban J connectivity index is 1.99. The standard InChI is InChI=1S/C13H9N5S/c14-8-1-2-10-12(5-8)19-13(17-10)9-6-16-18-4-3-15-7-11(9)18/h1-7H,14H2. The molecule has 6 heteroatoms. The van der Waals surface area contributed by atoms with E-state index < -0.39 is 0 Å². The number of nitrogens with zero attached hydrogens (tertiary/aromatic N) is 4. The number of fused-ring (bicyclic) bond motifs is 2. The van der Waals surface area contributed by atoms with Crippen LogP contribution in [-0.2, 0) is 0 Å². The Morgan fingerprint density at radius 1 is 1.21 bits per heavy atom. The monoisotopic (exact) mass is 267 g/mol. The second kappa shape index (κ2) is 3.76. The molecule has 0 saturated heterocycles. The molecule has 19 heavy (non-hydrogen) atoms. The summed E-state index contributed by atoms with van der Waals surface area (Å²) in [6, 6.07) is 5.75. The van der Waals surface area contributed by atoms with Crippen LogP contribution in [0.15, 0.2) is 43.0 Å². The van der Waals surface area contributed by atoms with Gasteiger partial charge in [-0.1, -0.05) is 0 Å². The van der Waals surface area contributed by atoms with E-state index in [9.17, 15) is 0 Å². The third kappa shape index (κ3) is 1.57. The van der Waals surface area contributed by atoms with Crippen molar-refractivity contribution in [2.75, 3.05) is 5.73 Å². The van der Waals surface area contributed by atoms with Crippen LogP contribution in [0.25, 0.3) is 26.3 Å². The summed E-state index contributed by atoms with van der Waals surface area (Å²) in [6.07, 6.45) is 7.15. The Morgan fingerprint density at radius 3 is 3.11 bits per heavy atom. The molecule has 0 amide bonds. The molecule has 0 atom stereocenters. The lowest BCUT2D eigenvalue weighted by Crippen LogP contribution is -1.85. The lowest BCUT2D eigenvalue weighted by Gasteiger charge is -1.92. The SMILES string of the molecule is Nc1ccc2nc(-c3cnn4ccncc34)sc2c1. The predicted molar refractivity (Wildman–Crippen MR) is 76.0 cm³/mol. The van der Waals surface area contributed by atoms with E-state index in [1.54, 1.807) is 28.2 Å². The molecule has 4 rings (SSSR count). The van der Waals surface area contributed by atoms with Crippen LogP contribution < -0.4 is 5.73 Å². The summed E-state index contributed by atoms with van der Waals surface area (Å²) in [4.78, 5) is 8.76. The van der Waals surface area contributed by atoms with Crippen molar-refractivity contribution in [3.63, 3.8) is 0 Å². The molecule has 0 bridgehead atoms. The maximum Gasteiger partial charge on any atom is 0.128 e. The highest BCUT2D eigenvalue weighted by Crippen LogP contribution is 2.33. The van der Waals surface area contributed by atoms with Gasteiger partial charge in [-0.15, -0.1) is 11.3 Å². The highest BCUT2D eigenvalue weighted by molar-refractivity contribution is 7.21. The molecule has 0 unspecified atom stereocenters. The van der Waals surface area contributed by atoms with E-state index in [2.05, 4.69) is 15.1 Å². The second-order valence-electron chi connectivity index (χ2n) is 4.21. The van der Waals surface area contributed by atoms with Crippen LogP contribution in [0.1, 0.15) is 0 Å². The highest BCUT2D eigenvalue weighted by atomic mass is 32.1. The van der Waals surface area contributed by atoms with Crippen molar-refractivity contribution in [1.82, 2.24) is 19.6 Å². The number of nitrogens with two attached hydrogens (primary N) is 1. The van der Waals surface area contributed by atoms with Crippen molar-refractivity contribution < 1.29 is 0 Å². The number of hydrogen-bond donors (Lipinski definition) is 1. The molecule has 0 spiro atoms. The normalized spacial score (nSPS) is 11.4. The van der Waals surface area contributed by atoms with Gasteiger partial charge in [-0.25, -0.2) is 9.50 Å². The molecule has 0 aliphatic heterocycles. The topological polar surface area (TPSA) is 69.1 Å². The first-order chi connectivity index (χ1) is 9.31. The number of thiazole rings is 1. The number of nitrogen functional groups attached to an aromatic ring is 1. The van der Waals surface area contributed by atoms with Crippen LogP contribution in [0.2, 0.25) is 0 Å². The van der Waals surface area contributed by atoms with Crippen molar-refractivity contribution in [2.24, 2.45) is 0 Å². The van der Waals surface area contributed by atoms with Crippen LogP contribution in [0.5, 0.6) is 0 Å². The van der Waals surface area contributed by atoms with E-state index in [0.717, 1.165) is 32.0 Å². The summed E-state index contributed by atoms with van der Waals surface area (Å²) >= 11 is 1.61. The number of rotatable bonds is 1. The molecule has 3 aromatic heterocycles. The van der Waals surface area contributed by atoms with Gasteiger partial charge in [-0.05, 0) is 18.2 Å². The van der Waals surface area contributed by atoms with E-state index in [1.165, 1.54) is 0 Å². The number of aromatic nitrogens is 4. The van der Waals surface area contributed by atoms with Crippen LogP contribution in [0, 0.1) is 0 Å². The molecule has 1 aromatic carbocycles. The van der Waals surface area contributed by atoms with Gasteiger partial charge < -0.3 is 5.73 Å². The summed E-state index contributed by atoms with van der Waals surface area (Å²) in [6.45, 7) is 0. The largest absolute Gasteiger partial charge is 0.399 e. The molecular formula is C13H9N5S. The van der Waals surface area contributed by atoms with Gasteiger partial charge in [0.05, 0.1) is 33.7 Å². The Bertz CT molecular complexity index is 892.